The predicted octanol–water partition coefficient (Wildman–Crippen LogP) is 5.01. The summed E-state index contributed by atoms with van der Waals surface area (Å²) in [6, 6.07) is 14.6. The highest BCUT2D eigenvalue weighted by atomic mass is 35.5. The number of carbonyl (C=O) groups excluding carboxylic acids is 1. The first-order valence-corrected chi connectivity index (χ1v) is 9.42. The van der Waals surface area contributed by atoms with Crippen LogP contribution in [0.1, 0.15) is 18.7 Å². The highest BCUT2D eigenvalue weighted by molar-refractivity contribution is 6.30. The van der Waals surface area contributed by atoms with Gasteiger partial charge in [-0.1, -0.05) is 28.9 Å². The second kappa shape index (κ2) is 8.70. The quantitative estimate of drug-likeness (QED) is 0.462. The third-order valence-corrected chi connectivity index (χ3v) is 4.48. The molecule has 0 aliphatic rings. The average Bonchev–Trinajstić information content (AvgIpc) is 3.41. The maximum atomic E-state index is 12.2. The van der Waals surface area contributed by atoms with E-state index >= 15 is 0 Å². The van der Waals surface area contributed by atoms with Crippen LogP contribution >= 0.6 is 11.6 Å². The number of hydrogen-bond donors (Lipinski definition) is 1. The lowest BCUT2D eigenvalue weighted by molar-refractivity contribution is -0.116. The predicted molar refractivity (Wildman–Crippen MR) is 108 cm³/mol. The Hall–Kier alpha value is -3.45. The number of carbonyl (C=O) groups is 1. The molecule has 0 aliphatic carbocycles. The molecule has 1 amide bonds. The summed E-state index contributed by atoms with van der Waals surface area (Å²) in [7, 11) is 0. The largest absolute Gasteiger partial charge is 0.444 e. The summed E-state index contributed by atoms with van der Waals surface area (Å²) in [6.07, 6.45) is 4.45. The minimum Gasteiger partial charge on any atom is -0.444 e. The Bertz CT molecular complexity index is 1090. The topological polar surface area (TPSA) is 94.0 Å². The van der Waals surface area contributed by atoms with Crippen LogP contribution in [0.3, 0.4) is 0 Å². The van der Waals surface area contributed by atoms with Crippen LogP contribution in [0.4, 0.5) is 5.69 Å². The number of amides is 1. The van der Waals surface area contributed by atoms with Crippen LogP contribution in [0.2, 0.25) is 5.02 Å². The molecule has 4 aromatic rings. The summed E-state index contributed by atoms with van der Waals surface area (Å²) < 4.78 is 10.5. The van der Waals surface area contributed by atoms with Gasteiger partial charge in [0.05, 0.1) is 6.20 Å². The molecule has 29 heavy (non-hydrogen) atoms. The number of halogens is 1. The summed E-state index contributed by atoms with van der Waals surface area (Å²) in [6.45, 7) is 0. The Morgan fingerprint density at radius 1 is 1.10 bits per heavy atom. The van der Waals surface area contributed by atoms with Crippen molar-refractivity contribution in [1.82, 2.24) is 15.1 Å². The van der Waals surface area contributed by atoms with E-state index in [2.05, 4.69) is 20.4 Å². The molecule has 2 aromatic heterocycles. The number of oxazole rings is 1. The molecule has 1 N–H and O–H groups in total. The molecule has 0 saturated carbocycles. The highest BCUT2D eigenvalue weighted by Gasteiger charge is 2.10. The first-order valence-electron chi connectivity index (χ1n) is 9.05. The molecule has 7 nitrogen and oxygen atoms in total. The third-order valence-electron chi connectivity index (χ3n) is 4.23. The zero-order valence-electron chi connectivity index (χ0n) is 15.3. The summed E-state index contributed by atoms with van der Waals surface area (Å²) in [5, 5.41) is 7.51. The molecule has 0 radical (unpaired) electrons. The lowest BCUT2D eigenvalue weighted by Gasteiger charge is -2.06. The number of rotatable bonds is 7. The van der Waals surface area contributed by atoms with Crippen molar-refractivity contribution in [2.45, 2.75) is 19.3 Å². The van der Waals surface area contributed by atoms with E-state index in [9.17, 15) is 4.79 Å². The lowest BCUT2D eigenvalue weighted by atomic mass is 10.1. The normalized spacial score (nSPS) is 10.8. The third kappa shape index (κ3) is 4.89. The van der Waals surface area contributed by atoms with Gasteiger partial charge in [-0.05, 0) is 42.8 Å². The van der Waals surface area contributed by atoms with Gasteiger partial charge in [-0.3, -0.25) is 4.79 Å². The monoisotopic (exact) mass is 408 g/mol. The van der Waals surface area contributed by atoms with Gasteiger partial charge in [0.1, 0.15) is 0 Å². The van der Waals surface area contributed by atoms with Crippen molar-refractivity contribution in [3.63, 3.8) is 0 Å². The molecular formula is C21H17ClN4O3. The number of aryl methyl sites for hydroxylation is 1. The van der Waals surface area contributed by atoms with Gasteiger partial charge in [0.25, 0.3) is 0 Å². The van der Waals surface area contributed by atoms with E-state index in [-0.39, 0.29) is 5.91 Å². The van der Waals surface area contributed by atoms with Gasteiger partial charge in [0.15, 0.2) is 12.2 Å². The molecule has 146 valence electrons. The number of aromatic nitrogens is 3. The van der Waals surface area contributed by atoms with Crippen molar-refractivity contribution in [1.29, 1.82) is 0 Å². The standard InChI is InChI=1S/C21H17ClN4O3/c22-16-9-7-14(8-10-16)21-25-20(29-26-21)6-2-5-19(27)24-17-4-1-3-15(11-17)18-12-23-13-28-18/h1,3-4,7-13H,2,5-6H2,(H,24,27). The van der Waals surface area contributed by atoms with Crippen molar-refractivity contribution in [2.24, 2.45) is 0 Å². The Morgan fingerprint density at radius 3 is 2.76 bits per heavy atom. The molecule has 0 atom stereocenters. The van der Waals surface area contributed by atoms with E-state index in [1.807, 2.05) is 36.4 Å². The highest BCUT2D eigenvalue weighted by Crippen LogP contribution is 2.22. The summed E-state index contributed by atoms with van der Waals surface area (Å²) in [5.41, 5.74) is 2.38. The summed E-state index contributed by atoms with van der Waals surface area (Å²) >= 11 is 5.89. The van der Waals surface area contributed by atoms with Crippen molar-refractivity contribution in [3.05, 3.63) is 72.0 Å². The molecule has 0 unspecified atom stereocenters. The van der Waals surface area contributed by atoms with Gasteiger partial charge >= 0.3 is 0 Å². The fraction of sp³-hybridized carbons (Fsp3) is 0.143. The Morgan fingerprint density at radius 2 is 1.97 bits per heavy atom. The van der Waals surface area contributed by atoms with Crippen LogP contribution in [-0.4, -0.2) is 21.0 Å². The molecule has 0 saturated heterocycles. The van der Waals surface area contributed by atoms with Crippen LogP contribution in [0.25, 0.3) is 22.7 Å². The van der Waals surface area contributed by atoms with Gasteiger partial charge in [0, 0.05) is 34.7 Å². The SMILES string of the molecule is O=C(CCCc1nc(-c2ccc(Cl)cc2)no1)Nc1cccc(-c2cnco2)c1. The van der Waals surface area contributed by atoms with E-state index in [4.69, 9.17) is 20.5 Å². The van der Waals surface area contributed by atoms with E-state index in [1.165, 1.54) is 6.39 Å². The maximum Gasteiger partial charge on any atom is 0.226 e. The van der Waals surface area contributed by atoms with Gasteiger partial charge in [0.2, 0.25) is 17.6 Å². The molecule has 4 rings (SSSR count). The number of benzene rings is 2. The molecule has 2 heterocycles. The zero-order valence-corrected chi connectivity index (χ0v) is 16.1. The average molecular weight is 409 g/mol. The molecule has 0 spiro atoms. The fourth-order valence-electron chi connectivity index (χ4n) is 2.80. The minimum absolute atomic E-state index is 0.0860. The molecular weight excluding hydrogens is 392 g/mol. The molecule has 0 bridgehead atoms. The fourth-order valence-corrected chi connectivity index (χ4v) is 2.93. The van der Waals surface area contributed by atoms with Crippen LogP contribution < -0.4 is 5.32 Å². The smallest absolute Gasteiger partial charge is 0.226 e. The molecule has 0 aliphatic heterocycles. The maximum absolute atomic E-state index is 12.2. The summed E-state index contributed by atoms with van der Waals surface area (Å²) in [4.78, 5) is 20.5. The molecule has 2 aromatic carbocycles. The number of anilines is 1. The number of hydrogen-bond acceptors (Lipinski definition) is 6. The summed E-state index contributed by atoms with van der Waals surface area (Å²) in [5.74, 6) is 1.56. The van der Waals surface area contributed by atoms with Crippen molar-refractivity contribution in [3.8, 4) is 22.7 Å². The second-order valence-corrected chi connectivity index (χ2v) is 6.80. The van der Waals surface area contributed by atoms with Crippen LogP contribution in [0, 0.1) is 0 Å². The van der Waals surface area contributed by atoms with Crippen molar-refractivity contribution >= 4 is 23.2 Å². The van der Waals surface area contributed by atoms with Crippen LogP contribution in [0.5, 0.6) is 0 Å². The van der Waals surface area contributed by atoms with Crippen molar-refractivity contribution in [2.75, 3.05) is 5.32 Å². The number of nitrogens with one attached hydrogen (secondary N) is 1. The van der Waals surface area contributed by atoms with E-state index in [0.29, 0.717) is 47.4 Å². The van der Waals surface area contributed by atoms with Gasteiger partial charge < -0.3 is 14.3 Å². The molecule has 8 heteroatoms. The second-order valence-electron chi connectivity index (χ2n) is 6.37. The lowest BCUT2D eigenvalue weighted by Crippen LogP contribution is -2.11. The first-order chi connectivity index (χ1) is 14.2. The van der Waals surface area contributed by atoms with Gasteiger partial charge in [-0.15, -0.1) is 0 Å². The minimum atomic E-state index is -0.0860. The van der Waals surface area contributed by atoms with Gasteiger partial charge in [-0.25, -0.2) is 4.98 Å². The first kappa shape index (κ1) is 18.9. The van der Waals surface area contributed by atoms with E-state index in [1.54, 1.807) is 18.3 Å². The Kier molecular flexibility index (Phi) is 5.67. The zero-order chi connectivity index (χ0) is 20.1. The van der Waals surface area contributed by atoms with Gasteiger partial charge in [-0.2, -0.15) is 4.98 Å². The Balaban J connectivity index is 1.28. The van der Waals surface area contributed by atoms with E-state index in [0.717, 1.165) is 11.1 Å². The molecule has 0 fully saturated rings. The van der Waals surface area contributed by atoms with Crippen LogP contribution in [-0.2, 0) is 11.2 Å². The van der Waals surface area contributed by atoms with Crippen LogP contribution in [0.15, 0.2) is 70.1 Å². The Labute approximate surface area is 171 Å². The number of nitrogens with zero attached hydrogens (tertiary/aromatic N) is 3. The van der Waals surface area contributed by atoms with E-state index < -0.39 is 0 Å². The van der Waals surface area contributed by atoms with Crippen molar-refractivity contribution < 1.29 is 13.7 Å².